The molecule has 0 saturated carbocycles. The minimum atomic E-state index is 0.420. The minimum absolute atomic E-state index is 0.420. The van der Waals surface area contributed by atoms with Gasteiger partial charge in [-0.1, -0.05) is 25.1 Å². The quantitative estimate of drug-likeness (QED) is 0.580. The third-order valence-electron chi connectivity index (χ3n) is 4.82. The molecule has 6 heteroatoms. The zero-order valence-corrected chi connectivity index (χ0v) is 16.8. The zero-order chi connectivity index (χ0) is 18.4. The van der Waals surface area contributed by atoms with Crippen LogP contribution in [0.3, 0.4) is 0 Å². The number of rotatable bonds is 7. The first-order valence-electron chi connectivity index (χ1n) is 9.44. The van der Waals surface area contributed by atoms with E-state index < -0.39 is 0 Å². The number of para-hydroxylation sites is 1. The van der Waals surface area contributed by atoms with Crippen molar-refractivity contribution >= 4 is 23.0 Å². The number of hydrogen-bond acceptors (Lipinski definition) is 4. The summed E-state index contributed by atoms with van der Waals surface area (Å²) in [5.74, 6) is 0.858. The molecule has 0 aliphatic carbocycles. The van der Waals surface area contributed by atoms with E-state index in [-0.39, 0.29) is 0 Å². The fourth-order valence-electron chi connectivity index (χ4n) is 3.31. The predicted octanol–water partition coefficient (Wildman–Crippen LogP) is 2.86. The van der Waals surface area contributed by atoms with E-state index in [0.717, 1.165) is 44.9 Å². The van der Waals surface area contributed by atoms with Crippen LogP contribution in [0.2, 0.25) is 0 Å². The summed E-state index contributed by atoms with van der Waals surface area (Å²) in [6.07, 6.45) is 5.12. The Morgan fingerprint density at radius 3 is 2.96 bits per heavy atom. The molecule has 0 saturated heterocycles. The highest BCUT2D eigenvalue weighted by Gasteiger charge is 2.22. The molecule has 140 valence electrons. The highest BCUT2D eigenvalue weighted by molar-refractivity contribution is 7.11. The van der Waals surface area contributed by atoms with Crippen molar-refractivity contribution in [2.75, 3.05) is 31.6 Å². The topological polar surface area (TPSA) is 52.6 Å². The molecule has 2 N–H and O–H groups in total. The summed E-state index contributed by atoms with van der Waals surface area (Å²) in [6, 6.07) is 9.13. The van der Waals surface area contributed by atoms with Crippen molar-refractivity contribution in [1.29, 1.82) is 0 Å². The van der Waals surface area contributed by atoms with E-state index in [9.17, 15) is 0 Å². The molecule has 1 aliphatic rings. The monoisotopic (exact) mass is 371 g/mol. The Hall–Kier alpha value is -2.08. The summed E-state index contributed by atoms with van der Waals surface area (Å²) >= 11 is 1.80. The van der Waals surface area contributed by atoms with Gasteiger partial charge in [-0.2, -0.15) is 0 Å². The Morgan fingerprint density at radius 2 is 2.19 bits per heavy atom. The third-order valence-corrected chi connectivity index (χ3v) is 6.03. The van der Waals surface area contributed by atoms with Crippen molar-refractivity contribution in [3.63, 3.8) is 0 Å². The van der Waals surface area contributed by atoms with Crippen molar-refractivity contribution < 1.29 is 0 Å². The first kappa shape index (κ1) is 18.7. The van der Waals surface area contributed by atoms with Gasteiger partial charge in [-0.3, -0.25) is 4.99 Å². The van der Waals surface area contributed by atoms with Gasteiger partial charge in [-0.25, -0.2) is 4.98 Å². The van der Waals surface area contributed by atoms with Gasteiger partial charge in [0.1, 0.15) is 0 Å². The number of nitrogens with one attached hydrogen (secondary N) is 2. The number of fused-ring (bicyclic) bond motifs is 1. The summed E-state index contributed by atoms with van der Waals surface area (Å²) < 4.78 is 0. The molecule has 5 nitrogen and oxygen atoms in total. The van der Waals surface area contributed by atoms with E-state index in [4.69, 9.17) is 0 Å². The maximum atomic E-state index is 4.47. The predicted molar refractivity (Wildman–Crippen MR) is 112 cm³/mol. The number of aromatic nitrogens is 1. The van der Waals surface area contributed by atoms with Crippen LogP contribution in [0.15, 0.2) is 35.5 Å². The summed E-state index contributed by atoms with van der Waals surface area (Å²) in [5, 5.41) is 8.04. The van der Waals surface area contributed by atoms with Crippen molar-refractivity contribution in [2.24, 2.45) is 4.99 Å². The van der Waals surface area contributed by atoms with Crippen molar-refractivity contribution in [2.45, 2.75) is 39.2 Å². The van der Waals surface area contributed by atoms with E-state index in [1.165, 1.54) is 21.1 Å². The number of anilines is 1. The second-order valence-corrected chi connectivity index (χ2v) is 7.82. The number of benzene rings is 1. The number of nitrogens with zero attached hydrogens (tertiary/aromatic N) is 3. The van der Waals surface area contributed by atoms with E-state index >= 15 is 0 Å². The molecule has 2 heterocycles. The fourth-order valence-corrected chi connectivity index (χ4v) is 4.17. The fraction of sp³-hybridized carbons (Fsp3) is 0.500. The molecule has 0 bridgehead atoms. The lowest BCUT2D eigenvalue weighted by molar-refractivity contribution is 0.625. The number of thiazole rings is 1. The van der Waals surface area contributed by atoms with Crippen molar-refractivity contribution in [3.05, 3.63) is 45.9 Å². The van der Waals surface area contributed by atoms with Gasteiger partial charge < -0.3 is 15.5 Å². The molecule has 2 aromatic rings. The maximum absolute atomic E-state index is 4.47. The minimum Gasteiger partial charge on any atom is -0.366 e. The normalized spacial score (nSPS) is 15.0. The van der Waals surface area contributed by atoms with Gasteiger partial charge in [-0.15, -0.1) is 11.3 Å². The Kier molecular flexibility index (Phi) is 6.50. The van der Waals surface area contributed by atoms with Gasteiger partial charge in [0, 0.05) is 55.9 Å². The van der Waals surface area contributed by atoms with Crippen LogP contribution < -0.4 is 15.5 Å². The van der Waals surface area contributed by atoms with Crippen LogP contribution in [-0.2, 0) is 19.3 Å². The lowest BCUT2D eigenvalue weighted by Crippen LogP contribution is -2.46. The van der Waals surface area contributed by atoms with Crippen LogP contribution in [0.1, 0.15) is 29.3 Å². The highest BCUT2D eigenvalue weighted by atomic mass is 32.1. The smallest absolute Gasteiger partial charge is 0.191 e. The lowest BCUT2D eigenvalue weighted by Gasteiger charge is -2.28. The van der Waals surface area contributed by atoms with E-state index in [1.807, 2.05) is 13.2 Å². The Balaban J connectivity index is 1.44. The summed E-state index contributed by atoms with van der Waals surface area (Å²) in [7, 11) is 1.82. The van der Waals surface area contributed by atoms with E-state index in [0.29, 0.717) is 6.04 Å². The van der Waals surface area contributed by atoms with Gasteiger partial charge in [0.05, 0.1) is 5.01 Å². The second kappa shape index (κ2) is 9.03. The van der Waals surface area contributed by atoms with Crippen molar-refractivity contribution in [1.82, 2.24) is 15.6 Å². The summed E-state index contributed by atoms with van der Waals surface area (Å²) in [5.41, 5.74) is 2.83. The van der Waals surface area contributed by atoms with Crippen LogP contribution in [0.25, 0.3) is 0 Å². The maximum Gasteiger partial charge on any atom is 0.191 e. The van der Waals surface area contributed by atoms with E-state index in [2.05, 4.69) is 63.6 Å². The second-order valence-electron chi connectivity index (χ2n) is 6.62. The van der Waals surface area contributed by atoms with Crippen LogP contribution in [0, 0.1) is 0 Å². The Labute approximate surface area is 160 Å². The molecule has 0 amide bonds. The molecule has 1 aromatic heterocycles. The first-order chi connectivity index (χ1) is 12.7. The van der Waals surface area contributed by atoms with Crippen LogP contribution in [-0.4, -0.2) is 43.7 Å². The Morgan fingerprint density at radius 1 is 1.35 bits per heavy atom. The van der Waals surface area contributed by atoms with Gasteiger partial charge >= 0.3 is 0 Å². The van der Waals surface area contributed by atoms with E-state index in [1.54, 1.807) is 11.3 Å². The first-order valence-corrected chi connectivity index (χ1v) is 10.3. The molecule has 0 spiro atoms. The lowest BCUT2D eigenvalue weighted by atomic mass is 10.2. The number of hydrogen-bond donors (Lipinski definition) is 2. The molecule has 1 aliphatic heterocycles. The van der Waals surface area contributed by atoms with Crippen LogP contribution in [0.5, 0.6) is 0 Å². The average molecular weight is 372 g/mol. The average Bonchev–Trinajstić information content (AvgIpc) is 3.31. The number of aliphatic imine (C=N–C) groups is 1. The third kappa shape index (κ3) is 4.55. The standard InChI is InChI=1S/C20H29N5S/c1-4-17-14-23-19(26-17)9-11-22-20(21-3)24-13-15(2)25-12-10-16-7-5-6-8-18(16)25/h5-8,14-15H,4,9-13H2,1-3H3,(H2,21,22,24). The molecule has 26 heavy (non-hydrogen) atoms. The Bertz CT molecular complexity index is 739. The van der Waals surface area contributed by atoms with Gasteiger partial charge in [0.2, 0.25) is 0 Å². The zero-order valence-electron chi connectivity index (χ0n) is 16.0. The molecular formula is C20H29N5S. The van der Waals surface area contributed by atoms with Crippen LogP contribution in [0.4, 0.5) is 5.69 Å². The summed E-state index contributed by atoms with van der Waals surface area (Å²) in [6.45, 7) is 7.24. The molecule has 0 fully saturated rings. The largest absolute Gasteiger partial charge is 0.366 e. The molecule has 0 radical (unpaired) electrons. The van der Waals surface area contributed by atoms with Crippen LogP contribution >= 0.6 is 11.3 Å². The van der Waals surface area contributed by atoms with Gasteiger partial charge in [0.25, 0.3) is 0 Å². The summed E-state index contributed by atoms with van der Waals surface area (Å²) in [4.78, 5) is 12.6. The van der Waals surface area contributed by atoms with Gasteiger partial charge in [-0.05, 0) is 31.4 Å². The molecule has 1 atom stereocenters. The highest BCUT2D eigenvalue weighted by Crippen LogP contribution is 2.28. The number of aryl methyl sites for hydroxylation is 1. The molecule has 1 aromatic carbocycles. The number of guanidine groups is 1. The molecular weight excluding hydrogens is 342 g/mol. The van der Waals surface area contributed by atoms with Gasteiger partial charge in [0.15, 0.2) is 5.96 Å². The molecule has 1 unspecified atom stereocenters. The van der Waals surface area contributed by atoms with Crippen molar-refractivity contribution in [3.8, 4) is 0 Å². The molecule has 3 rings (SSSR count). The SMILES string of the molecule is CCc1cnc(CCNC(=NC)NCC(C)N2CCc3ccccc32)s1.